The Morgan fingerprint density at radius 2 is 1.70 bits per heavy atom. The molecule has 1 N–H and O–H groups in total. The topological polar surface area (TPSA) is 78.9 Å². The summed E-state index contributed by atoms with van der Waals surface area (Å²) in [6.07, 6.45) is 3.44. The van der Waals surface area contributed by atoms with E-state index in [2.05, 4.69) is 10.2 Å². The molecule has 0 radical (unpaired) electrons. The Bertz CT molecular complexity index is 953. The summed E-state index contributed by atoms with van der Waals surface area (Å²) in [5.41, 5.74) is 2.43. The molecule has 1 aliphatic rings. The van der Waals surface area contributed by atoms with Crippen molar-refractivity contribution in [3.05, 3.63) is 48.5 Å². The van der Waals surface area contributed by atoms with Gasteiger partial charge < -0.3 is 15.0 Å². The Morgan fingerprint density at radius 3 is 2.23 bits per heavy atom. The van der Waals surface area contributed by atoms with Gasteiger partial charge in [0.25, 0.3) is 5.91 Å². The highest BCUT2D eigenvalue weighted by Crippen LogP contribution is 2.24. The van der Waals surface area contributed by atoms with E-state index in [1.807, 2.05) is 31.2 Å². The van der Waals surface area contributed by atoms with E-state index in [0.29, 0.717) is 17.9 Å². The Balaban J connectivity index is 1.60. The van der Waals surface area contributed by atoms with Gasteiger partial charge in [0.15, 0.2) is 6.10 Å². The van der Waals surface area contributed by atoms with E-state index < -0.39 is 16.1 Å². The van der Waals surface area contributed by atoms with Crippen LogP contribution in [0.4, 0.5) is 17.1 Å². The minimum Gasteiger partial charge on any atom is -0.481 e. The molecule has 2 aromatic rings. The second-order valence-electron chi connectivity index (χ2n) is 7.47. The van der Waals surface area contributed by atoms with Crippen LogP contribution in [0.1, 0.15) is 26.2 Å². The fourth-order valence-electron chi connectivity index (χ4n) is 3.37. The Labute approximate surface area is 178 Å². The molecule has 162 valence electrons. The zero-order chi connectivity index (χ0) is 21.7. The number of carbonyl (C=O) groups is 1. The Kier molecular flexibility index (Phi) is 6.87. The van der Waals surface area contributed by atoms with Crippen LogP contribution in [-0.4, -0.2) is 46.8 Å². The highest BCUT2D eigenvalue weighted by molar-refractivity contribution is 7.92. The molecule has 1 heterocycles. The number of benzene rings is 2. The van der Waals surface area contributed by atoms with Crippen molar-refractivity contribution in [3.8, 4) is 5.75 Å². The smallest absolute Gasteiger partial charge is 0.265 e. The normalized spacial score (nSPS) is 15.0. The molecule has 1 amide bonds. The minimum atomic E-state index is -3.33. The van der Waals surface area contributed by atoms with Gasteiger partial charge in [0.05, 0.1) is 11.9 Å². The number of nitrogens with one attached hydrogen (secondary N) is 1. The van der Waals surface area contributed by atoms with Crippen LogP contribution in [0, 0.1) is 0 Å². The molecule has 0 saturated carbocycles. The van der Waals surface area contributed by atoms with Crippen LogP contribution in [0.2, 0.25) is 0 Å². The molecule has 3 rings (SSSR count). The second-order valence-corrected chi connectivity index (χ2v) is 9.48. The number of anilines is 3. The summed E-state index contributed by atoms with van der Waals surface area (Å²) in [5.74, 6) is 0.288. The Hall–Kier alpha value is -2.74. The molecule has 1 atom stereocenters. The molecular weight excluding hydrogens is 402 g/mol. The maximum Gasteiger partial charge on any atom is 0.265 e. The molecule has 7 nitrogen and oxygen atoms in total. The van der Waals surface area contributed by atoms with Gasteiger partial charge in [-0.1, -0.05) is 6.92 Å². The summed E-state index contributed by atoms with van der Waals surface area (Å²) >= 11 is 0. The summed E-state index contributed by atoms with van der Waals surface area (Å²) in [6, 6.07) is 14.5. The number of carbonyl (C=O) groups excluding carboxylic acids is 1. The molecule has 8 heteroatoms. The quantitative estimate of drug-likeness (QED) is 0.692. The van der Waals surface area contributed by atoms with Crippen molar-refractivity contribution in [2.24, 2.45) is 0 Å². The summed E-state index contributed by atoms with van der Waals surface area (Å²) in [7, 11) is -1.84. The predicted octanol–water partition coefficient (Wildman–Crippen LogP) is 3.48. The third-order valence-electron chi connectivity index (χ3n) is 5.25. The molecule has 0 spiro atoms. The first-order chi connectivity index (χ1) is 14.3. The lowest BCUT2D eigenvalue weighted by molar-refractivity contribution is -0.122. The highest BCUT2D eigenvalue weighted by Gasteiger charge is 2.20. The van der Waals surface area contributed by atoms with Crippen molar-refractivity contribution in [2.45, 2.75) is 32.3 Å². The van der Waals surface area contributed by atoms with Gasteiger partial charge in [-0.2, -0.15) is 0 Å². The SMILES string of the molecule is CC[C@@H](Oc1ccc(N(C)S(C)(=O)=O)cc1)C(=O)Nc1ccc(N2CCCC2)cc1. The molecule has 2 aromatic carbocycles. The number of rotatable bonds is 8. The maximum atomic E-state index is 12.7. The van der Waals surface area contributed by atoms with Gasteiger partial charge in [0, 0.05) is 31.5 Å². The fourth-order valence-corrected chi connectivity index (χ4v) is 3.87. The zero-order valence-corrected chi connectivity index (χ0v) is 18.5. The molecule has 1 aliphatic heterocycles. The first-order valence-electron chi connectivity index (χ1n) is 10.1. The molecule has 0 unspecified atom stereocenters. The monoisotopic (exact) mass is 431 g/mol. The van der Waals surface area contributed by atoms with Crippen LogP contribution in [0.3, 0.4) is 0 Å². The van der Waals surface area contributed by atoms with Gasteiger partial charge in [-0.3, -0.25) is 9.10 Å². The van der Waals surface area contributed by atoms with E-state index in [1.54, 1.807) is 24.3 Å². The molecule has 0 bridgehead atoms. The van der Waals surface area contributed by atoms with E-state index in [1.165, 1.54) is 29.9 Å². The second kappa shape index (κ2) is 9.38. The van der Waals surface area contributed by atoms with Crippen LogP contribution in [-0.2, 0) is 14.8 Å². The molecule has 0 aliphatic carbocycles. The number of nitrogens with zero attached hydrogens (tertiary/aromatic N) is 2. The summed E-state index contributed by atoms with van der Waals surface area (Å²) < 4.78 is 30.3. The van der Waals surface area contributed by atoms with Crippen molar-refractivity contribution in [2.75, 3.05) is 40.9 Å². The fraction of sp³-hybridized carbons (Fsp3) is 0.409. The number of hydrogen-bond acceptors (Lipinski definition) is 5. The van der Waals surface area contributed by atoms with Crippen LogP contribution in [0.15, 0.2) is 48.5 Å². The highest BCUT2D eigenvalue weighted by atomic mass is 32.2. The molecule has 30 heavy (non-hydrogen) atoms. The van der Waals surface area contributed by atoms with Crippen LogP contribution in [0.25, 0.3) is 0 Å². The van der Waals surface area contributed by atoms with Crippen molar-refractivity contribution >= 4 is 33.0 Å². The minimum absolute atomic E-state index is 0.219. The first kappa shape index (κ1) is 22.0. The Morgan fingerprint density at radius 1 is 1.10 bits per heavy atom. The van der Waals surface area contributed by atoms with Crippen molar-refractivity contribution < 1.29 is 17.9 Å². The van der Waals surface area contributed by atoms with Crippen LogP contribution >= 0.6 is 0 Å². The van der Waals surface area contributed by atoms with E-state index in [4.69, 9.17) is 4.74 Å². The lowest BCUT2D eigenvalue weighted by Crippen LogP contribution is -2.32. The third-order valence-corrected chi connectivity index (χ3v) is 6.45. The predicted molar refractivity (Wildman–Crippen MR) is 121 cm³/mol. The number of hydrogen-bond donors (Lipinski definition) is 1. The van der Waals surface area contributed by atoms with Crippen molar-refractivity contribution in [1.29, 1.82) is 0 Å². The van der Waals surface area contributed by atoms with Crippen molar-refractivity contribution in [3.63, 3.8) is 0 Å². The van der Waals surface area contributed by atoms with Crippen LogP contribution in [0.5, 0.6) is 5.75 Å². The number of amides is 1. The summed E-state index contributed by atoms with van der Waals surface area (Å²) in [6.45, 7) is 4.04. The average Bonchev–Trinajstić information content (AvgIpc) is 3.26. The summed E-state index contributed by atoms with van der Waals surface area (Å²) in [5, 5.41) is 2.91. The first-order valence-corrected chi connectivity index (χ1v) is 12.0. The van der Waals surface area contributed by atoms with E-state index in [9.17, 15) is 13.2 Å². The zero-order valence-electron chi connectivity index (χ0n) is 17.7. The standard InChI is InChI=1S/C22H29N3O4S/c1-4-21(29-20-13-11-18(12-14-20)24(2)30(3,27)28)22(26)23-17-7-9-19(10-8-17)25-15-5-6-16-25/h7-14,21H,4-6,15-16H2,1-3H3,(H,23,26)/t21-/m1/s1. The molecular formula is C22H29N3O4S. The van der Waals surface area contributed by atoms with E-state index in [0.717, 1.165) is 25.0 Å². The molecule has 1 saturated heterocycles. The van der Waals surface area contributed by atoms with Gasteiger partial charge >= 0.3 is 0 Å². The van der Waals surface area contributed by atoms with Crippen LogP contribution < -0.4 is 19.3 Å². The van der Waals surface area contributed by atoms with Gasteiger partial charge in [0.2, 0.25) is 10.0 Å². The maximum absolute atomic E-state index is 12.7. The van der Waals surface area contributed by atoms with Gasteiger partial charge in [-0.25, -0.2) is 8.42 Å². The van der Waals surface area contributed by atoms with Gasteiger partial charge in [-0.05, 0) is 67.8 Å². The third kappa shape index (κ3) is 5.44. The molecule has 0 aromatic heterocycles. The number of sulfonamides is 1. The van der Waals surface area contributed by atoms with Gasteiger partial charge in [0.1, 0.15) is 5.75 Å². The van der Waals surface area contributed by atoms with E-state index >= 15 is 0 Å². The van der Waals surface area contributed by atoms with E-state index in [-0.39, 0.29) is 5.91 Å². The number of ether oxygens (including phenoxy) is 1. The summed E-state index contributed by atoms with van der Waals surface area (Å²) in [4.78, 5) is 15.0. The van der Waals surface area contributed by atoms with Crippen molar-refractivity contribution in [1.82, 2.24) is 0 Å². The molecule has 1 fully saturated rings. The van der Waals surface area contributed by atoms with Gasteiger partial charge in [-0.15, -0.1) is 0 Å². The largest absolute Gasteiger partial charge is 0.481 e. The lowest BCUT2D eigenvalue weighted by atomic mass is 10.2. The lowest BCUT2D eigenvalue weighted by Gasteiger charge is -2.20. The average molecular weight is 432 g/mol.